The molecule has 0 saturated carbocycles. The van der Waals surface area contributed by atoms with Gasteiger partial charge in [0, 0.05) is 6.07 Å². The molecule has 0 amide bonds. The highest BCUT2D eigenvalue weighted by molar-refractivity contribution is 6.14. The largest absolute Gasteiger partial charge is 0.489 e. The number of methoxy groups -OCH3 is 1. The second-order valence-electron chi connectivity index (χ2n) is 8.95. The maximum absolute atomic E-state index is 12.8. The van der Waals surface area contributed by atoms with Crippen LogP contribution < -0.4 is 9.47 Å². The Hall–Kier alpha value is -3.86. The highest BCUT2D eigenvalue weighted by Gasteiger charge is 2.27. The van der Waals surface area contributed by atoms with Crippen molar-refractivity contribution in [3.8, 4) is 11.5 Å². The van der Waals surface area contributed by atoms with Crippen molar-refractivity contribution in [2.24, 2.45) is 0 Å². The molecule has 0 bridgehead atoms. The summed E-state index contributed by atoms with van der Waals surface area (Å²) in [6, 6.07) is 20.3. The van der Waals surface area contributed by atoms with E-state index in [2.05, 4.69) is 32.9 Å². The maximum atomic E-state index is 12.8. The second-order valence-corrected chi connectivity index (χ2v) is 8.95. The fourth-order valence-electron chi connectivity index (χ4n) is 3.51. The number of hydrogen-bond donors (Lipinski definition) is 0. The van der Waals surface area contributed by atoms with Gasteiger partial charge in [-0.1, -0.05) is 57.2 Å². The van der Waals surface area contributed by atoms with E-state index in [1.165, 1.54) is 12.7 Å². The maximum Gasteiger partial charge on any atom is 0.337 e. The summed E-state index contributed by atoms with van der Waals surface area (Å²) in [4.78, 5) is 24.3. The van der Waals surface area contributed by atoms with E-state index < -0.39 is 0 Å². The van der Waals surface area contributed by atoms with Gasteiger partial charge in [0.15, 0.2) is 5.76 Å². The first-order valence-electron chi connectivity index (χ1n) is 10.7. The van der Waals surface area contributed by atoms with Gasteiger partial charge in [0.05, 0.1) is 18.2 Å². The monoisotopic (exact) mass is 442 g/mol. The molecule has 168 valence electrons. The molecule has 0 saturated heterocycles. The van der Waals surface area contributed by atoms with Crippen molar-refractivity contribution in [2.45, 2.75) is 32.8 Å². The van der Waals surface area contributed by atoms with Crippen LogP contribution in [-0.2, 0) is 16.8 Å². The first-order valence-corrected chi connectivity index (χ1v) is 10.7. The Labute approximate surface area is 193 Å². The molecular weight excluding hydrogens is 416 g/mol. The molecule has 5 nitrogen and oxygen atoms in total. The Bertz CT molecular complexity index is 1210. The van der Waals surface area contributed by atoms with Gasteiger partial charge >= 0.3 is 5.97 Å². The lowest BCUT2D eigenvalue weighted by atomic mass is 9.86. The van der Waals surface area contributed by atoms with Crippen LogP contribution >= 0.6 is 0 Å². The third-order valence-corrected chi connectivity index (χ3v) is 5.50. The predicted octanol–water partition coefficient (Wildman–Crippen LogP) is 5.97. The van der Waals surface area contributed by atoms with E-state index in [-0.39, 0.29) is 17.2 Å². The summed E-state index contributed by atoms with van der Waals surface area (Å²) < 4.78 is 16.4. The molecule has 3 aromatic carbocycles. The molecule has 1 aliphatic rings. The fraction of sp³-hybridized carbons (Fsp3) is 0.214. The number of benzene rings is 3. The Morgan fingerprint density at radius 2 is 1.67 bits per heavy atom. The Morgan fingerprint density at radius 3 is 2.30 bits per heavy atom. The zero-order valence-corrected chi connectivity index (χ0v) is 19.2. The van der Waals surface area contributed by atoms with Crippen LogP contribution in [0.25, 0.3) is 6.08 Å². The van der Waals surface area contributed by atoms with Crippen molar-refractivity contribution in [3.63, 3.8) is 0 Å². The molecule has 0 atom stereocenters. The van der Waals surface area contributed by atoms with E-state index in [1.54, 1.807) is 36.4 Å². The van der Waals surface area contributed by atoms with Crippen LogP contribution in [0, 0.1) is 0 Å². The molecule has 5 heteroatoms. The van der Waals surface area contributed by atoms with Crippen LogP contribution in [0.1, 0.15) is 58.2 Å². The molecule has 1 aliphatic heterocycles. The zero-order valence-electron chi connectivity index (χ0n) is 19.2. The lowest BCUT2D eigenvalue weighted by Gasteiger charge is -2.18. The number of ether oxygens (including phenoxy) is 3. The number of hydrogen-bond acceptors (Lipinski definition) is 5. The second kappa shape index (κ2) is 8.94. The Balaban J connectivity index is 1.44. The van der Waals surface area contributed by atoms with Gasteiger partial charge in [-0.05, 0) is 52.4 Å². The van der Waals surface area contributed by atoms with Gasteiger partial charge in [0.25, 0.3) is 0 Å². The molecule has 0 aromatic heterocycles. The average Bonchev–Trinajstić information content (AvgIpc) is 3.11. The summed E-state index contributed by atoms with van der Waals surface area (Å²) in [5, 5.41) is 0. The van der Waals surface area contributed by atoms with E-state index in [0.29, 0.717) is 35.0 Å². The third kappa shape index (κ3) is 4.98. The van der Waals surface area contributed by atoms with Crippen LogP contribution in [0.2, 0.25) is 0 Å². The summed E-state index contributed by atoms with van der Waals surface area (Å²) in [5.74, 6) is 0.848. The highest BCUT2D eigenvalue weighted by Crippen LogP contribution is 2.35. The molecule has 0 aliphatic carbocycles. The number of ketones is 1. The standard InChI is InChI=1S/C28H26O5/c1-28(2,3)21-11-7-18(8-12-21)15-25-26(29)23-14-13-22(16-24(23)33-25)32-17-19-5-9-20(10-6-19)27(30)31-4/h5-16H,17H2,1-4H3. The van der Waals surface area contributed by atoms with Gasteiger partial charge in [0.1, 0.15) is 18.1 Å². The summed E-state index contributed by atoms with van der Waals surface area (Å²) >= 11 is 0. The summed E-state index contributed by atoms with van der Waals surface area (Å²) in [6.07, 6.45) is 1.76. The van der Waals surface area contributed by atoms with Crippen molar-refractivity contribution >= 4 is 17.8 Å². The zero-order chi connectivity index (χ0) is 23.6. The van der Waals surface area contributed by atoms with Crippen molar-refractivity contribution in [1.29, 1.82) is 0 Å². The lowest BCUT2D eigenvalue weighted by Crippen LogP contribution is -2.10. The molecule has 1 heterocycles. The number of Topliss-reactive ketones (excluding diaryl/α,β-unsaturated/α-hetero) is 1. The molecular formula is C28H26O5. The fourth-order valence-corrected chi connectivity index (χ4v) is 3.51. The normalized spacial score (nSPS) is 14.1. The summed E-state index contributed by atoms with van der Waals surface area (Å²) in [7, 11) is 1.35. The van der Waals surface area contributed by atoms with E-state index in [9.17, 15) is 9.59 Å². The molecule has 0 unspecified atom stereocenters. The van der Waals surface area contributed by atoms with E-state index >= 15 is 0 Å². The molecule has 33 heavy (non-hydrogen) atoms. The molecule has 3 aromatic rings. The van der Waals surface area contributed by atoms with Crippen LogP contribution in [0.4, 0.5) is 0 Å². The molecule has 4 rings (SSSR count). The number of rotatable bonds is 5. The van der Waals surface area contributed by atoms with E-state index in [4.69, 9.17) is 14.2 Å². The minimum atomic E-state index is -0.378. The minimum Gasteiger partial charge on any atom is -0.489 e. The van der Waals surface area contributed by atoms with Crippen LogP contribution in [-0.4, -0.2) is 18.9 Å². The molecule has 0 radical (unpaired) electrons. The summed E-state index contributed by atoms with van der Waals surface area (Å²) in [5.41, 5.74) is 4.11. The predicted molar refractivity (Wildman–Crippen MR) is 127 cm³/mol. The number of esters is 1. The lowest BCUT2D eigenvalue weighted by molar-refractivity contribution is 0.0600. The van der Waals surface area contributed by atoms with Crippen molar-refractivity contribution in [3.05, 3.63) is 100 Å². The topological polar surface area (TPSA) is 61.8 Å². The van der Waals surface area contributed by atoms with Crippen LogP contribution in [0.5, 0.6) is 11.5 Å². The quantitative estimate of drug-likeness (QED) is 0.360. The molecule has 0 spiro atoms. The highest BCUT2D eigenvalue weighted by atomic mass is 16.5. The average molecular weight is 443 g/mol. The van der Waals surface area contributed by atoms with E-state index in [1.807, 2.05) is 24.3 Å². The number of carbonyl (C=O) groups is 2. The first kappa shape index (κ1) is 22.3. The third-order valence-electron chi connectivity index (χ3n) is 5.50. The van der Waals surface area contributed by atoms with Crippen LogP contribution in [0.15, 0.2) is 72.5 Å². The Kier molecular flexibility index (Phi) is 6.05. The molecule has 0 N–H and O–H groups in total. The SMILES string of the molecule is COC(=O)c1ccc(COc2ccc3c(c2)OC(=Cc2ccc(C(C)(C)C)cc2)C3=O)cc1. The number of carbonyl (C=O) groups excluding carboxylic acids is 2. The van der Waals surface area contributed by atoms with Crippen molar-refractivity contribution < 1.29 is 23.8 Å². The summed E-state index contributed by atoms with van der Waals surface area (Å²) in [6.45, 7) is 6.81. The van der Waals surface area contributed by atoms with Crippen molar-refractivity contribution in [1.82, 2.24) is 0 Å². The van der Waals surface area contributed by atoms with Gasteiger partial charge in [0.2, 0.25) is 5.78 Å². The van der Waals surface area contributed by atoms with Gasteiger partial charge in [-0.3, -0.25) is 4.79 Å². The van der Waals surface area contributed by atoms with E-state index in [0.717, 1.165) is 11.1 Å². The first-order chi connectivity index (χ1) is 15.7. The van der Waals surface area contributed by atoms with Gasteiger partial charge < -0.3 is 14.2 Å². The van der Waals surface area contributed by atoms with Gasteiger partial charge in [-0.25, -0.2) is 4.79 Å². The smallest absolute Gasteiger partial charge is 0.337 e. The van der Waals surface area contributed by atoms with Gasteiger partial charge in [-0.15, -0.1) is 0 Å². The van der Waals surface area contributed by atoms with Crippen molar-refractivity contribution in [2.75, 3.05) is 7.11 Å². The minimum absolute atomic E-state index is 0.0708. The molecule has 0 fully saturated rings. The van der Waals surface area contributed by atoms with Crippen LogP contribution in [0.3, 0.4) is 0 Å². The van der Waals surface area contributed by atoms with Gasteiger partial charge in [-0.2, -0.15) is 0 Å². The Morgan fingerprint density at radius 1 is 0.970 bits per heavy atom. The number of allylic oxidation sites excluding steroid dienone is 1. The number of fused-ring (bicyclic) bond motifs is 1.